The summed E-state index contributed by atoms with van der Waals surface area (Å²) in [5.41, 5.74) is 1.40. The van der Waals surface area contributed by atoms with E-state index in [-0.39, 0.29) is 0 Å². The van der Waals surface area contributed by atoms with Crippen molar-refractivity contribution in [2.75, 3.05) is 19.8 Å². The predicted octanol–water partition coefficient (Wildman–Crippen LogP) is 3.79. The largest absolute Gasteiger partial charge is 0.381 e. The van der Waals surface area contributed by atoms with Gasteiger partial charge in [-0.25, -0.2) is 0 Å². The molecule has 19 heavy (non-hydrogen) atoms. The third-order valence-electron chi connectivity index (χ3n) is 3.75. The molecule has 1 N–H and O–H groups in total. The summed E-state index contributed by atoms with van der Waals surface area (Å²) < 4.78 is 6.72. The Bertz CT molecular complexity index is 377. The highest BCUT2D eigenvalue weighted by Gasteiger charge is 2.21. The van der Waals surface area contributed by atoms with Gasteiger partial charge < -0.3 is 10.1 Å². The predicted molar refractivity (Wildman–Crippen MR) is 83.5 cm³/mol. The van der Waals surface area contributed by atoms with E-state index in [1.165, 1.54) is 29.3 Å². The van der Waals surface area contributed by atoms with Crippen LogP contribution in [0.3, 0.4) is 0 Å². The fourth-order valence-electron chi connectivity index (χ4n) is 2.69. The molecular weight excluding hydrogens is 302 g/mol. The molecule has 1 aromatic carbocycles. The Hall–Kier alpha value is -0.380. The van der Waals surface area contributed by atoms with Crippen LogP contribution >= 0.6 is 15.9 Å². The Balaban J connectivity index is 1.94. The third-order valence-corrected chi connectivity index (χ3v) is 4.52. The van der Waals surface area contributed by atoms with Gasteiger partial charge in [0.25, 0.3) is 0 Å². The van der Waals surface area contributed by atoms with Gasteiger partial charge in [0, 0.05) is 23.7 Å². The monoisotopic (exact) mass is 325 g/mol. The minimum absolute atomic E-state index is 0.561. The second-order valence-electron chi connectivity index (χ2n) is 5.41. The van der Waals surface area contributed by atoms with E-state index in [0.29, 0.717) is 6.04 Å². The molecule has 2 atom stereocenters. The molecule has 0 aromatic heterocycles. The van der Waals surface area contributed by atoms with Crippen LogP contribution in [0.2, 0.25) is 0 Å². The van der Waals surface area contributed by atoms with Crippen molar-refractivity contribution in [1.29, 1.82) is 0 Å². The van der Waals surface area contributed by atoms with Gasteiger partial charge in [0.05, 0.1) is 0 Å². The van der Waals surface area contributed by atoms with Crippen molar-refractivity contribution in [3.8, 4) is 0 Å². The quantitative estimate of drug-likeness (QED) is 0.823. The maximum absolute atomic E-state index is 5.50. The fourth-order valence-corrected chi connectivity index (χ4v) is 3.13. The van der Waals surface area contributed by atoms with Crippen LogP contribution in [0.1, 0.15) is 31.7 Å². The smallest absolute Gasteiger partial charge is 0.0495 e. The van der Waals surface area contributed by atoms with E-state index in [9.17, 15) is 0 Å². The lowest BCUT2D eigenvalue weighted by molar-refractivity contribution is 0.181. The number of ether oxygens (including phenoxy) is 1. The molecule has 2 unspecified atom stereocenters. The van der Waals surface area contributed by atoms with E-state index in [2.05, 4.69) is 52.4 Å². The zero-order valence-electron chi connectivity index (χ0n) is 11.7. The van der Waals surface area contributed by atoms with Crippen LogP contribution in [-0.2, 0) is 11.2 Å². The van der Waals surface area contributed by atoms with Crippen LogP contribution in [0.25, 0.3) is 0 Å². The maximum Gasteiger partial charge on any atom is 0.0495 e. The fraction of sp³-hybridized carbons (Fsp3) is 0.625. The molecule has 0 bridgehead atoms. The van der Waals surface area contributed by atoms with Crippen molar-refractivity contribution < 1.29 is 4.74 Å². The summed E-state index contributed by atoms with van der Waals surface area (Å²) in [6.07, 6.45) is 4.73. The second kappa shape index (κ2) is 8.03. The van der Waals surface area contributed by atoms with Gasteiger partial charge in [-0.15, -0.1) is 0 Å². The molecule has 0 saturated carbocycles. The number of benzene rings is 1. The number of hydrogen-bond donors (Lipinski definition) is 1. The number of rotatable bonds is 7. The van der Waals surface area contributed by atoms with Crippen molar-refractivity contribution in [1.82, 2.24) is 5.32 Å². The Labute approximate surface area is 125 Å². The number of halogens is 1. The van der Waals surface area contributed by atoms with Gasteiger partial charge >= 0.3 is 0 Å². The minimum Gasteiger partial charge on any atom is -0.381 e. The summed E-state index contributed by atoms with van der Waals surface area (Å²) in [6, 6.07) is 9.11. The van der Waals surface area contributed by atoms with Crippen LogP contribution < -0.4 is 5.32 Å². The van der Waals surface area contributed by atoms with Gasteiger partial charge in [0.2, 0.25) is 0 Å². The molecule has 1 aliphatic heterocycles. The molecule has 1 fully saturated rings. The SMILES string of the molecule is CCCNC(Cc1ccccc1Br)CC1CCOC1. The highest BCUT2D eigenvalue weighted by atomic mass is 79.9. The summed E-state index contributed by atoms with van der Waals surface area (Å²) in [5, 5.41) is 3.70. The Morgan fingerprint density at radius 1 is 1.42 bits per heavy atom. The first kappa shape index (κ1) is 15.0. The van der Waals surface area contributed by atoms with Crippen molar-refractivity contribution in [2.45, 2.75) is 38.6 Å². The molecular formula is C16H24BrNO. The van der Waals surface area contributed by atoms with Crippen LogP contribution in [0, 0.1) is 5.92 Å². The van der Waals surface area contributed by atoms with E-state index >= 15 is 0 Å². The second-order valence-corrected chi connectivity index (χ2v) is 6.27. The van der Waals surface area contributed by atoms with E-state index in [1.807, 2.05) is 0 Å². The Kier molecular flexibility index (Phi) is 6.35. The standard InChI is InChI=1S/C16H24BrNO/c1-2-8-18-15(10-13-7-9-19-12-13)11-14-5-3-4-6-16(14)17/h3-6,13,15,18H,2,7-12H2,1H3. The molecule has 1 saturated heterocycles. The number of hydrogen-bond acceptors (Lipinski definition) is 2. The van der Waals surface area contributed by atoms with E-state index in [1.54, 1.807) is 0 Å². The normalized spacial score (nSPS) is 20.6. The van der Waals surface area contributed by atoms with Gasteiger partial charge in [-0.05, 0) is 49.8 Å². The lowest BCUT2D eigenvalue weighted by Crippen LogP contribution is -2.34. The summed E-state index contributed by atoms with van der Waals surface area (Å²) in [4.78, 5) is 0. The first-order valence-electron chi connectivity index (χ1n) is 7.34. The molecule has 1 aliphatic rings. The van der Waals surface area contributed by atoms with Crippen LogP contribution in [-0.4, -0.2) is 25.8 Å². The van der Waals surface area contributed by atoms with E-state index < -0.39 is 0 Å². The maximum atomic E-state index is 5.50. The Morgan fingerprint density at radius 2 is 2.26 bits per heavy atom. The van der Waals surface area contributed by atoms with Gasteiger partial charge in [-0.1, -0.05) is 41.1 Å². The van der Waals surface area contributed by atoms with Crippen LogP contribution in [0.15, 0.2) is 28.7 Å². The molecule has 106 valence electrons. The average molecular weight is 326 g/mol. The summed E-state index contributed by atoms with van der Waals surface area (Å²) in [6.45, 7) is 5.21. The molecule has 2 nitrogen and oxygen atoms in total. The lowest BCUT2D eigenvalue weighted by atomic mass is 9.94. The molecule has 1 aromatic rings. The number of nitrogens with one attached hydrogen (secondary N) is 1. The molecule has 2 rings (SSSR count). The van der Waals surface area contributed by atoms with Crippen LogP contribution in [0.5, 0.6) is 0 Å². The third kappa shape index (κ3) is 4.90. The first-order valence-corrected chi connectivity index (χ1v) is 8.13. The zero-order chi connectivity index (χ0) is 13.5. The molecule has 1 heterocycles. The topological polar surface area (TPSA) is 21.3 Å². The van der Waals surface area contributed by atoms with Gasteiger partial charge in [0.15, 0.2) is 0 Å². The van der Waals surface area contributed by atoms with Crippen molar-refractivity contribution in [2.24, 2.45) is 5.92 Å². The van der Waals surface area contributed by atoms with Crippen LogP contribution in [0.4, 0.5) is 0 Å². The Morgan fingerprint density at radius 3 is 2.95 bits per heavy atom. The van der Waals surface area contributed by atoms with E-state index in [0.717, 1.165) is 32.1 Å². The highest BCUT2D eigenvalue weighted by molar-refractivity contribution is 9.10. The zero-order valence-corrected chi connectivity index (χ0v) is 13.3. The molecule has 0 amide bonds. The highest BCUT2D eigenvalue weighted by Crippen LogP contribution is 2.23. The van der Waals surface area contributed by atoms with Gasteiger partial charge in [0.1, 0.15) is 0 Å². The molecule has 3 heteroatoms. The average Bonchev–Trinajstić information content (AvgIpc) is 2.91. The summed E-state index contributed by atoms with van der Waals surface area (Å²) >= 11 is 3.65. The molecule has 0 aliphatic carbocycles. The molecule has 0 spiro atoms. The van der Waals surface area contributed by atoms with Gasteiger partial charge in [-0.2, -0.15) is 0 Å². The minimum atomic E-state index is 0.561. The van der Waals surface area contributed by atoms with E-state index in [4.69, 9.17) is 4.74 Å². The molecule has 0 radical (unpaired) electrons. The van der Waals surface area contributed by atoms with Crippen molar-refractivity contribution in [3.63, 3.8) is 0 Å². The summed E-state index contributed by atoms with van der Waals surface area (Å²) in [7, 11) is 0. The van der Waals surface area contributed by atoms with Crippen molar-refractivity contribution >= 4 is 15.9 Å². The van der Waals surface area contributed by atoms with Gasteiger partial charge in [-0.3, -0.25) is 0 Å². The summed E-state index contributed by atoms with van der Waals surface area (Å²) in [5.74, 6) is 0.733. The van der Waals surface area contributed by atoms with Crippen molar-refractivity contribution in [3.05, 3.63) is 34.3 Å². The lowest BCUT2D eigenvalue weighted by Gasteiger charge is -2.22. The first-order chi connectivity index (χ1) is 9.29.